The first kappa shape index (κ1) is 22.4. The van der Waals surface area contributed by atoms with Crippen molar-refractivity contribution in [3.63, 3.8) is 0 Å². The largest absolute Gasteiger partial charge is 0.491 e. The highest BCUT2D eigenvalue weighted by Crippen LogP contribution is 2.36. The number of alkyl halides is 3. The molecule has 0 saturated carbocycles. The van der Waals surface area contributed by atoms with Crippen LogP contribution in [0.2, 0.25) is 5.02 Å². The van der Waals surface area contributed by atoms with Gasteiger partial charge in [-0.1, -0.05) is 23.7 Å². The molecule has 170 valence electrons. The minimum atomic E-state index is -5.10. The molecule has 0 spiro atoms. The van der Waals surface area contributed by atoms with Crippen molar-refractivity contribution in [2.24, 2.45) is 0 Å². The van der Waals surface area contributed by atoms with E-state index < -0.39 is 12.1 Å². The van der Waals surface area contributed by atoms with Crippen LogP contribution < -0.4 is 15.0 Å². The Morgan fingerprint density at radius 1 is 1.19 bits per heavy atom. The number of ether oxygens (including phenoxy) is 1. The lowest BCUT2D eigenvalue weighted by molar-refractivity contribution is -0.189. The van der Waals surface area contributed by atoms with Crippen LogP contribution in [0.1, 0.15) is 16.7 Å². The maximum atomic E-state index is 12.9. The van der Waals surface area contributed by atoms with Crippen LogP contribution in [0.15, 0.2) is 30.3 Å². The third-order valence-electron chi connectivity index (χ3n) is 5.57. The molecule has 2 aromatic carbocycles. The molecule has 3 aromatic rings. The Bertz CT molecular complexity index is 1150. The Kier molecular flexibility index (Phi) is 6.05. The topological polar surface area (TPSA) is 59.4 Å². The van der Waals surface area contributed by atoms with E-state index in [0.29, 0.717) is 47.2 Å². The molecule has 4 rings (SSSR count). The van der Waals surface area contributed by atoms with Crippen molar-refractivity contribution in [2.45, 2.75) is 26.6 Å². The van der Waals surface area contributed by atoms with Gasteiger partial charge in [-0.2, -0.15) is 13.2 Å². The molecule has 1 fully saturated rings. The maximum absolute atomic E-state index is 12.9. The summed E-state index contributed by atoms with van der Waals surface area (Å²) in [5.74, 6) is -1.80. The van der Waals surface area contributed by atoms with Gasteiger partial charge in [0, 0.05) is 31.2 Å². The van der Waals surface area contributed by atoms with Gasteiger partial charge in [-0.05, 0) is 48.7 Å². The van der Waals surface area contributed by atoms with Gasteiger partial charge in [-0.3, -0.25) is 0 Å². The summed E-state index contributed by atoms with van der Waals surface area (Å²) in [6.07, 6.45) is -5.10. The highest BCUT2D eigenvalue weighted by Gasteiger charge is 2.42. The third kappa shape index (κ3) is 4.40. The van der Waals surface area contributed by atoms with E-state index in [1.54, 1.807) is 26.0 Å². The smallest absolute Gasteiger partial charge is 0.417 e. The molecule has 1 aromatic heterocycles. The Morgan fingerprint density at radius 3 is 2.47 bits per heavy atom. The summed E-state index contributed by atoms with van der Waals surface area (Å²) in [6, 6.07) is 9.21. The molecule has 0 amide bonds. The number of benzene rings is 2. The van der Waals surface area contributed by atoms with E-state index in [9.17, 15) is 18.0 Å². The third-order valence-corrected chi connectivity index (χ3v) is 5.82. The van der Waals surface area contributed by atoms with Crippen molar-refractivity contribution in [1.29, 1.82) is 0 Å². The Balaban J connectivity index is 1.88. The number of hydrogen-bond donors (Lipinski definition) is 1. The number of imidazole rings is 1. The number of halogens is 4. The number of rotatable bonds is 4. The number of aryl methyl sites for hydroxylation is 1. The molecular weight excluding hydrogens is 445 g/mol. The molecule has 0 bridgehead atoms. The molecule has 6 nitrogen and oxygen atoms in total. The van der Waals surface area contributed by atoms with Crippen molar-refractivity contribution in [3.05, 3.63) is 52.0 Å². The SMILES string of the molecule is Cc1cc2c(nc(N3CCNCC3)n2Cc2ccc(Cl)cc2)c(OC(=O)C(F)(F)F)c1C. The molecule has 2 heterocycles. The van der Waals surface area contributed by atoms with Crippen LogP contribution in [0.5, 0.6) is 5.75 Å². The summed E-state index contributed by atoms with van der Waals surface area (Å²) in [7, 11) is 0. The number of fused-ring (bicyclic) bond motifs is 1. The van der Waals surface area contributed by atoms with E-state index in [-0.39, 0.29) is 11.3 Å². The predicted octanol–water partition coefficient (Wildman–Crippen LogP) is 4.23. The van der Waals surface area contributed by atoms with Gasteiger partial charge in [-0.15, -0.1) is 0 Å². The number of hydrogen-bond acceptors (Lipinski definition) is 5. The van der Waals surface area contributed by atoms with E-state index in [4.69, 9.17) is 16.3 Å². The quantitative estimate of drug-likeness (QED) is 0.460. The summed E-state index contributed by atoms with van der Waals surface area (Å²) >= 11 is 6.01. The van der Waals surface area contributed by atoms with Gasteiger partial charge in [0.2, 0.25) is 5.95 Å². The zero-order valence-corrected chi connectivity index (χ0v) is 18.3. The van der Waals surface area contributed by atoms with E-state index in [2.05, 4.69) is 15.2 Å². The maximum Gasteiger partial charge on any atom is 0.491 e. The number of carbonyl (C=O) groups excluding carboxylic acids is 1. The van der Waals surface area contributed by atoms with Crippen LogP contribution >= 0.6 is 11.6 Å². The van der Waals surface area contributed by atoms with Crippen LogP contribution in [0, 0.1) is 13.8 Å². The van der Waals surface area contributed by atoms with Crippen molar-refractivity contribution in [2.75, 3.05) is 31.1 Å². The van der Waals surface area contributed by atoms with Crippen molar-refractivity contribution in [1.82, 2.24) is 14.9 Å². The number of esters is 1. The molecule has 0 atom stereocenters. The first-order valence-electron chi connectivity index (χ1n) is 10.1. The van der Waals surface area contributed by atoms with E-state index >= 15 is 0 Å². The van der Waals surface area contributed by atoms with Gasteiger partial charge >= 0.3 is 12.1 Å². The second kappa shape index (κ2) is 8.63. The van der Waals surface area contributed by atoms with Crippen LogP contribution in [0.4, 0.5) is 19.1 Å². The van der Waals surface area contributed by atoms with Gasteiger partial charge in [0.1, 0.15) is 5.52 Å². The van der Waals surface area contributed by atoms with E-state index in [1.807, 2.05) is 22.8 Å². The summed E-state index contributed by atoms with van der Waals surface area (Å²) in [6.45, 7) is 6.73. The van der Waals surface area contributed by atoms with E-state index in [0.717, 1.165) is 18.7 Å². The van der Waals surface area contributed by atoms with E-state index in [1.165, 1.54) is 0 Å². The number of piperazine rings is 1. The summed E-state index contributed by atoms with van der Waals surface area (Å²) in [4.78, 5) is 18.4. The lowest BCUT2D eigenvalue weighted by Crippen LogP contribution is -2.44. The Hall–Kier alpha value is -2.78. The highest BCUT2D eigenvalue weighted by molar-refractivity contribution is 6.30. The molecule has 1 N–H and O–H groups in total. The fourth-order valence-corrected chi connectivity index (χ4v) is 3.87. The van der Waals surface area contributed by atoms with Gasteiger partial charge in [0.05, 0.1) is 12.1 Å². The van der Waals surface area contributed by atoms with Gasteiger partial charge in [0.15, 0.2) is 5.75 Å². The average molecular weight is 467 g/mol. The van der Waals surface area contributed by atoms with Crippen molar-refractivity contribution in [3.8, 4) is 5.75 Å². The molecule has 0 unspecified atom stereocenters. The molecule has 1 saturated heterocycles. The van der Waals surface area contributed by atoms with Crippen molar-refractivity contribution < 1.29 is 22.7 Å². The Morgan fingerprint density at radius 2 is 1.84 bits per heavy atom. The first-order chi connectivity index (χ1) is 15.1. The average Bonchev–Trinajstić information content (AvgIpc) is 3.10. The van der Waals surface area contributed by atoms with Gasteiger partial charge in [0.25, 0.3) is 0 Å². The van der Waals surface area contributed by atoms with Gasteiger partial charge in [-0.25, -0.2) is 9.78 Å². The molecule has 32 heavy (non-hydrogen) atoms. The molecule has 0 aliphatic carbocycles. The number of carbonyl (C=O) groups is 1. The monoisotopic (exact) mass is 466 g/mol. The number of nitrogens with zero attached hydrogens (tertiary/aromatic N) is 3. The normalized spacial score (nSPS) is 14.8. The fourth-order valence-electron chi connectivity index (χ4n) is 3.75. The van der Waals surface area contributed by atoms with Crippen LogP contribution in [0.3, 0.4) is 0 Å². The number of aromatic nitrogens is 2. The van der Waals surface area contributed by atoms with Crippen LogP contribution in [-0.2, 0) is 11.3 Å². The van der Waals surface area contributed by atoms with Crippen LogP contribution in [0.25, 0.3) is 11.0 Å². The second-order valence-electron chi connectivity index (χ2n) is 7.76. The fraction of sp³-hybridized carbons (Fsp3) is 0.364. The minimum absolute atomic E-state index is 0.159. The summed E-state index contributed by atoms with van der Waals surface area (Å²) < 4.78 is 45.6. The molecule has 0 radical (unpaired) electrons. The number of nitrogens with one attached hydrogen (secondary N) is 1. The lowest BCUT2D eigenvalue weighted by Gasteiger charge is -2.29. The Labute approximate surface area is 187 Å². The van der Waals surface area contributed by atoms with Crippen molar-refractivity contribution >= 4 is 34.6 Å². The predicted molar refractivity (Wildman–Crippen MR) is 117 cm³/mol. The molecule has 1 aliphatic heterocycles. The van der Waals surface area contributed by atoms with Gasteiger partial charge < -0.3 is 19.5 Å². The molecule has 10 heteroatoms. The summed E-state index contributed by atoms with van der Waals surface area (Å²) in [5.41, 5.74) is 2.93. The second-order valence-corrected chi connectivity index (χ2v) is 8.20. The lowest BCUT2D eigenvalue weighted by atomic mass is 10.1. The molecular formula is C22H22ClF3N4O2. The zero-order chi connectivity index (χ0) is 23.0. The zero-order valence-electron chi connectivity index (χ0n) is 17.6. The summed E-state index contributed by atoms with van der Waals surface area (Å²) in [5, 5.41) is 3.89. The van der Waals surface area contributed by atoms with Crippen LogP contribution in [-0.4, -0.2) is 47.9 Å². The standard InChI is InChI=1S/C22H22ClF3N4O2/c1-13-11-17-18(19(14(13)2)32-20(31)22(24,25)26)28-21(29-9-7-27-8-10-29)30(17)12-15-3-5-16(23)6-4-15/h3-6,11,27H,7-10,12H2,1-2H3. The first-order valence-corrected chi connectivity index (χ1v) is 10.5. The number of anilines is 1. The molecule has 1 aliphatic rings. The minimum Gasteiger partial charge on any atom is -0.417 e. The highest BCUT2D eigenvalue weighted by atomic mass is 35.5.